The van der Waals surface area contributed by atoms with Gasteiger partial charge in [-0.1, -0.05) is 188 Å². The summed E-state index contributed by atoms with van der Waals surface area (Å²) in [5.41, 5.74) is 18.7. The lowest BCUT2D eigenvalue weighted by molar-refractivity contribution is 1.18. The molecule has 0 saturated heterocycles. The molecule has 11 aromatic carbocycles. The molecule has 0 aliphatic heterocycles. The van der Waals surface area contributed by atoms with E-state index in [1.54, 1.807) is 0 Å². The van der Waals surface area contributed by atoms with E-state index < -0.39 is 0 Å². The monoisotopic (exact) mass is 896 g/mol. The maximum atomic E-state index is 2.42. The fourth-order valence-electron chi connectivity index (χ4n) is 10.2. The number of rotatable bonds is 9. The molecule has 0 unspecified atom stereocenters. The largest absolute Gasteiger partial charge is 0.310 e. The Hall–Kier alpha value is -8.76. The van der Waals surface area contributed by atoms with Gasteiger partial charge in [0.05, 0.1) is 11.0 Å². The van der Waals surface area contributed by atoms with Crippen molar-refractivity contribution in [2.24, 2.45) is 0 Å². The summed E-state index contributed by atoms with van der Waals surface area (Å²) in [7, 11) is 0. The smallest absolute Gasteiger partial charge is 0.0547 e. The highest BCUT2D eigenvalue weighted by Crippen LogP contribution is 2.45. The number of anilines is 3. The average Bonchev–Trinajstić information content (AvgIpc) is 3.97. The number of hydrogen-bond acceptors (Lipinski definition) is 2. The lowest BCUT2D eigenvalue weighted by Crippen LogP contribution is -2.10. The maximum Gasteiger partial charge on any atom is 0.0547 e. The number of aromatic nitrogens is 1. The molecule has 0 atom stereocenters. The van der Waals surface area contributed by atoms with Gasteiger partial charge in [0.2, 0.25) is 0 Å². The van der Waals surface area contributed by atoms with Gasteiger partial charge < -0.3 is 9.47 Å². The number of thiophene rings is 1. The molecule has 2 heterocycles. The first-order valence-corrected chi connectivity index (χ1v) is 24.4. The first-order valence-electron chi connectivity index (χ1n) is 23.6. The van der Waals surface area contributed by atoms with Crippen molar-refractivity contribution < 1.29 is 0 Å². The SMILES string of the molecule is c1ccc(-c2ccc(N(c3ccc(-c4ccc5c6cc(-c7ccccc7)ccc6n(-c6ccccc6)c5c4)cc3)c3cc(-c4ccccc4)cc(-c4cccc5c4sc4ccccc45)c3)cc2)cc1. The quantitative estimate of drug-likeness (QED) is 0.140. The van der Waals surface area contributed by atoms with E-state index in [9.17, 15) is 0 Å². The normalized spacial score (nSPS) is 11.5. The minimum Gasteiger partial charge on any atom is -0.310 e. The zero-order valence-electron chi connectivity index (χ0n) is 37.7. The summed E-state index contributed by atoms with van der Waals surface area (Å²) in [6.07, 6.45) is 0. The molecule has 2 aromatic heterocycles. The van der Waals surface area contributed by atoms with E-state index in [1.807, 2.05) is 11.3 Å². The molecule has 3 heteroatoms. The van der Waals surface area contributed by atoms with Crippen LogP contribution in [-0.4, -0.2) is 4.57 Å². The van der Waals surface area contributed by atoms with Crippen LogP contribution in [0.1, 0.15) is 0 Å². The first kappa shape index (κ1) is 40.5. The van der Waals surface area contributed by atoms with Gasteiger partial charge in [-0.2, -0.15) is 0 Å². The Bertz CT molecular complexity index is 3970. The number of fused-ring (bicyclic) bond motifs is 6. The van der Waals surface area contributed by atoms with Gasteiger partial charge in [-0.3, -0.25) is 0 Å². The Kier molecular flexibility index (Phi) is 10.1. The van der Waals surface area contributed by atoms with Crippen LogP contribution < -0.4 is 4.90 Å². The van der Waals surface area contributed by atoms with Crippen molar-refractivity contribution in [3.8, 4) is 61.3 Å². The number of nitrogens with zero attached hydrogens (tertiary/aromatic N) is 2. The van der Waals surface area contributed by atoms with Crippen molar-refractivity contribution in [2.45, 2.75) is 0 Å². The van der Waals surface area contributed by atoms with Crippen LogP contribution >= 0.6 is 11.3 Å². The summed E-state index contributed by atoms with van der Waals surface area (Å²) in [6, 6.07) is 97.4. The van der Waals surface area contributed by atoms with E-state index in [0.29, 0.717) is 0 Å². The molecule has 0 spiro atoms. The van der Waals surface area contributed by atoms with Crippen molar-refractivity contribution in [1.82, 2.24) is 4.57 Å². The van der Waals surface area contributed by atoms with E-state index in [4.69, 9.17) is 0 Å². The highest BCUT2D eigenvalue weighted by Gasteiger charge is 2.20. The lowest BCUT2D eigenvalue weighted by Gasteiger charge is -2.27. The molecule has 0 fully saturated rings. The molecule has 0 aliphatic carbocycles. The van der Waals surface area contributed by atoms with Gasteiger partial charge in [0, 0.05) is 53.7 Å². The Morgan fingerprint density at radius 1 is 0.275 bits per heavy atom. The van der Waals surface area contributed by atoms with Gasteiger partial charge in [-0.05, 0) is 134 Å². The van der Waals surface area contributed by atoms with E-state index in [0.717, 1.165) is 28.3 Å². The molecule has 13 aromatic rings. The zero-order valence-corrected chi connectivity index (χ0v) is 38.5. The summed E-state index contributed by atoms with van der Waals surface area (Å²) in [5.74, 6) is 0. The standard InChI is InChI=1S/C66H44N2S/c1-5-16-45(17-6-1)48-28-34-55(35-29-48)67(57-41-52(47-20-9-3-10-21-47)40-53(42-57)58-25-15-26-61-60-24-13-14-27-65(60)69-66(58)61)56-36-30-49(31-37-56)51-32-38-59-62-43-50(46-18-7-2-8-19-46)33-39-63(62)68(64(59)44-51)54-22-11-4-12-23-54/h1-44H. The van der Waals surface area contributed by atoms with Crippen LogP contribution in [0.3, 0.4) is 0 Å². The Morgan fingerprint density at radius 2 is 0.783 bits per heavy atom. The highest BCUT2D eigenvalue weighted by atomic mass is 32.1. The van der Waals surface area contributed by atoms with E-state index in [-0.39, 0.29) is 0 Å². The molecule has 0 radical (unpaired) electrons. The molecule has 0 N–H and O–H groups in total. The molecular weight excluding hydrogens is 853 g/mol. The molecule has 0 amide bonds. The van der Waals surface area contributed by atoms with Crippen LogP contribution in [0.25, 0.3) is 103 Å². The molecule has 13 rings (SSSR count). The molecule has 69 heavy (non-hydrogen) atoms. The van der Waals surface area contributed by atoms with Crippen LogP contribution in [0.4, 0.5) is 17.1 Å². The molecule has 0 aliphatic rings. The molecule has 2 nitrogen and oxygen atoms in total. The minimum absolute atomic E-state index is 1.08. The predicted octanol–water partition coefficient (Wildman–Crippen LogP) is 19.0. The summed E-state index contributed by atoms with van der Waals surface area (Å²) >= 11 is 1.88. The molecule has 0 bridgehead atoms. The highest BCUT2D eigenvalue weighted by molar-refractivity contribution is 7.26. The average molecular weight is 897 g/mol. The Labute approximate surface area is 405 Å². The van der Waals surface area contributed by atoms with Crippen molar-refractivity contribution in [3.05, 3.63) is 267 Å². The molecular formula is C66H44N2S. The van der Waals surface area contributed by atoms with Gasteiger partial charge >= 0.3 is 0 Å². The topological polar surface area (TPSA) is 8.17 Å². The van der Waals surface area contributed by atoms with Crippen LogP contribution in [0.5, 0.6) is 0 Å². The van der Waals surface area contributed by atoms with Crippen LogP contribution in [-0.2, 0) is 0 Å². The number of hydrogen-bond donors (Lipinski definition) is 0. The van der Waals surface area contributed by atoms with Crippen molar-refractivity contribution >= 4 is 70.4 Å². The van der Waals surface area contributed by atoms with Gasteiger partial charge in [-0.25, -0.2) is 0 Å². The summed E-state index contributed by atoms with van der Waals surface area (Å²) in [4.78, 5) is 2.42. The Morgan fingerprint density at radius 3 is 1.46 bits per heavy atom. The second-order valence-electron chi connectivity index (χ2n) is 17.7. The van der Waals surface area contributed by atoms with Crippen LogP contribution in [0.15, 0.2) is 267 Å². The van der Waals surface area contributed by atoms with Gasteiger partial charge in [-0.15, -0.1) is 11.3 Å². The maximum absolute atomic E-state index is 2.42. The van der Waals surface area contributed by atoms with Crippen molar-refractivity contribution in [1.29, 1.82) is 0 Å². The summed E-state index contributed by atoms with van der Waals surface area (Å²) in [5, 5.41) is 5.07. The lowest BCUT2D eigenvalue weighted by atomic mass is 9.96. The van der Waals surface area contributed by atoms with E-state index >= 15 is 0 Å². The van der Waals surface area contributed by atoms with Crippen molar-refractivity contribution in [3.63, 3.8) is 0 Å². The number of benzene rings is 11. The van der Waals surface area contributed by atoms with E-state index in [2.05, 4.69) is 276 Å². The summed E-state index contributed by atoms with van der Waals surface area (Å²) < 4.78 is 5.02. The molecule has 324 valence electrons. The van der Waals surface area contributed by atoms with Crippen LogP contribution in [0, 0.1) is 0 Å². The van der Waals surface area contributed by atoms with Gasteiger partial charge in [0.15, 0.2) is 0 Å². The fourth-order valence-corrected chi connectivity index (χ4v) is 11.5. The zero-order chi connectivity index (χ0) is 45.7. The fraction of sp³-hybridized carbons (Fsp3) is 0. The second kappa shape index (κ2) is 17.2. The first-order chi connectivity index (χ1) is 34.2. The number of para-hydroxylation sites is 1. The van der Waals surface area contributed by atoms with Gasteiger partial charge in [0.25, 0.3) is 0 Å². The third kappa shape index (κ3) is 7.37. The second-order valence-corrected chi connectivity index (χ2v) is 18.8. The van der Waals surface area contributed by atoms with E-state index in [1.165, 1.54) is 92.0 Å². The van der Waals surface area contributed by atoms with Crippen LogP contribution in [0.2, 0.25) is 0 Å². The third-order valence-electron chi connectivity index (χ3n) is 13.6. The Balaban J connectivity index is 0.962. The van der Waals surface area contributed by atoms with Crippen molar-refractivity contribution in [2.75, 3.05) is 4.90 Å². The summed E-state index contributed by atoms with van der Waals surface area (Å²) in [6.45, 7) is 0. The predicted molar refractivity (Wildman–Crippen MR) is 296 cm³/mol. The minimum atomic E-state index is 1.08. The molecule has 0 saturated carbocycles. The van der Waals surface area contributed by atoms with Gasteiger partial charge in [0.1, 0.15) is 0 Å². The third-order valence-corrected chi connectivity index (χ3v) is 14.8.